The molecule has 3 nitrogen and oxygen atoms in total. The predicted octanol–water partition coefficient (Wildman–Crippen LogP) is 3.68. The summed E-state index contributed by atoms with van der Waals surface area (Å²) in [7, 11) is 0. The molecule has 104 valence electrons. The average molecular weight is 261 g/mol. The van der Waals surface area contributed by atoms with E-state index in [1.165, 1.54) is 10.9 Å². The molecule has 0 bridgehead atoms. The van der Waals surface area contributed by atoms with Crippen LogP contribution in [0, 0.1) is 0 Å². The van der Waals surface area contributed by atoms with Gasteiger partial charge in [0.2, 0.25) is 0 Å². The Morgan fingerprint density at radius 2 is 2.05 bits per heavy atom. The van der Waals surface area contributed by atoms with E-state index in [-0.39, 0.29) is 6.04 Å². The quantitative estimate of drug-likeness (QED) is 0.772. The second kappa shape index (κ2) is 6.73. The molecule has 0 aliphatic heterocycles. The van der Waals surface area contributed by atoms with E-state index >= 15 is 0 Å². The van der Waals surface area contributed by atoms with Crippen molar-refractivity contribution >= 4 is 11.0 Å². The van der Waals surface area contributed by atoms with Crippen LogP contribution in [0.25, 0.3) is 11.0 Å². The van der Waals surface area contributed by atoms with Gasteiger partial charge in [0, 0.05) is 24.1 Å². The molecule has 3 heteroatoms. The van der Waals surface area contributed by atoms with Crippen LogP contribution in [-0.4, -0.2) is 19.8 Å². The van der Waals surface area contributed by atoms with E-state index < -0.39 is 0 Å². The molecule has 0 aliphatic carbocycles. The van der Waals surface area contributed by atoms with E-state index in [0.29, 0.717) is 0 Å². The van der Waals surface area contributed by atoms with Crippen LogP contribution in [0.15, 0.2) is 28.7 Å². The summed E-state index contributed by atoms with van der Waals surface area (Å²) in [6, 6.07) is 8.46. The highest BCUT2D eigenvalue weighted by molar-refractivity contribution is 5.82. The number of aryl methyl sites for hydroxylation is 1. The molecule has 1 heterocycles. The van der Waals surface area contributed by atoms with Crippen LogP contribution in [0.2, 0.25) is 0 Å². The van der Waals surface area contributed by atoms with E-state index in [4.69, 9.17) is 9.15 Å². The Balaban J connectivity index is 2.14. The van der Waals surface area contributed by atoms with Gasteiger partial charge in [-0.1, -0.05) is 25.1 Å². The third-order valence-corrected chi connectivity index (χ3v) is 3.38. The summed E-state index contributed by atoms with van der Waals surface area (Å²) in [4.78, 5) is 0. The zero-order valence-electron chi connectivity index (χ0n) is 12.0. The number of fused-ring (bicyclic) bond motifs is 1. The summed E-state index contributed by atoms with van der Waals surface area (Å²) in [5.41, 5.74) is 2.29. The molecule has 0 saturated carbocycles. The largest absolute Gasteiger partial charge is 0.459 e. The minimum Gasteiger partial charge on any atom is -0.459 e. The van der Waals surface area contributed by atoms with Crippen molar-refractivity contribution in [3.63, 3.8) is 0 Å². The van der Waals surface area contributed by atoms with Gasteiger partial charge in [-0.15, -0.1) is 0 Å². The fraction of sp³-hybridized carbons (Fsp3) is 0.500. The van der Waals surface area contributed by atoms with Crippen molar-refractivity contribution < 1.29 is 9.15 Å². The maximum Gasteiger partial charge on any atom is 0.134 e. The van der Waals surface area contributed by atoms with E-state index in [9.17, 15) is 0 Å². The van der Waals surface area contributed by atoms with Crippen LogP contribution in [0.4, 0.5) is 0 Å². The minimum atomic E-state index is 0.211. The van der Waals surface area contributed by atoms with Crippen LogP contribution in [0.5, 0.6) is 0 Å². The standard InChI is InChI=1S/C16H23NO2/c1-4-13-14-8-6-7-9-15(14)19-16(13)12(3)17-10-11-18-5-2/h6-9,12,17H,4-5,10-11H2,1-3H3. The first-order chi connectivity index (χ1) is 9.27. The summed E-state index contributed by atoms with van der Waals surface area (Å²) in [6.45, 7) is 8.67. The van der Waals surface area contributed by atoms with Crippen LogP contribution in [0.3, 0.4) is 0 Å². The average Bonchev–Trinajstić information content (AvgIpc) is 2.82. The number of hydrogen-bond donors (Lipinski definition) is 1. The normalized spacial score (nSPS) is 13.0. The second-order valence-electron chi connectivity index (χ2n) is 4.67. The van der Waals surface area contributed by atoms with Crippen molar-refractivity contribution in [1.82, 2.24) is 5.32 Å². The van der Waals surface area contributed by atoms with Crippen molar-refractivity contribution in [2.45, 2.75) is 33.2 Å². The lowest BCUT2D eigenvalue weighted by Crippen LogP contribution is -2.23. The van der Waals surface area contributed by atoms with Gasteiger partial charge in [-0.05, 0) is 26.3 Å². The highest BCUT2D eigenvalue weighted by Crippen LogP contribution is 2.30. The molecule has 0 saturated heterocycles. The van der Waals surface area contributed by atoms with E-state index in [1.807, 2.05) is 19.1 Å². The van der Waals surface area contributed by atoms with Crippen molar-refractivity contribution in [2.24, 2.45) is 0 Å². The van der Waals surface area contributed by atoms with Gasteiger partial charge in [-0.25, -0.2) is 0 Å². The monoisotopic (exact) mass is 261 g/mol. The summed E-state index contributed by atoms with van der Waals surface area (Å²) < 4.78 is 11.3. The molecule has 0 spiro atoms. The molecule has 0 aliphatic rings. The molecule has 2 rings (SSSR count). The van der Waals surface area contributed by atoms with Crippen molar-refractivity contribution in [3.05, 3.63) is 35.6 Å². The van der Waals surface area contributed by atoms with Gasteiger partial charge >= 0.3 is 0 Å². The summed E-state index contributed by atoms with van der Waals surface area (Å²) in [5.74, 6) is 1.06. The Hall–Kier alpha value is -1.32. The number of nitrogens with one attached hydrogen (secondary N) is 1. The molecule has 0 amide bonds. The first-order valence-electron chi connectivity index (χ1n) is 7.09. The Morgan fingerprint density at radius 1 is 1.26 bits per heavy atom. The molecule has 0 radical (unpaired) electrons. The van der Waals surface area contributed by atoms with Crippen LogP contribution < -0.4 is 5.32 Å². The van der Waals surface area contributed by atoms with Gasteiger partial charge in [0.1, 0.15) is 11.3 Å². The first-order valence-corrected chi connectivity index (χ1v) is 7.09. The summed E-state index contributed by atoms with van der Waals surface area (Å²) in [6.07, 6.45) is 0.990. The molecule has 1 aromatic carbocycles. The summed E-state index contributed by atoms with van der Waals surface area (Å²) >= 11 is 0. The van der Waals surface area contributed by atoms with E-state index in [2.05, 4.69) is 31.3 Å². The highest BCUT2D eigenvalue weighted by Gasteiger charge is 2.17. The lowest BCUT2D eigenvalue weighted by atomic mass is 10.1. The lowest BCUT2D eigenvalue weighted by Gasteiger charge is -2.13. The third-order valence-electron chi connectivity index (χ3n) is 3.38. The molecule has 2 aromatic rings. The zero-order chi connectivity index (χ0) is 13.7. The van der Waals surface area contributed by atoms with Gasteiger partial charge in [0.25, 0.3) is 0 Å². The molecule has 1 atom stereocenters. The highest BCUT2D eigenvalue weighted by atomic mass is 16.5. The molecule has 19 heavy (non-hydrogen) atoms. The number of ether oxygens (including phenoxy) is 1. The number of rotatable bonds is 7. The van der Waals surface area contributed by atoms with Gasteiger partial charge in [0.15, 0.2) is 0 Å². The van der Waals surface area contributed by atoms with Crippen molar-refractivity contribution in [3.8, 4) is 0 Å². The van der Waals surface area contributed by atoms with E-state index in [1.54, 1.807) is 0 Å². The van der Waals surface area contributed by atoms with Gasteiger partial charge < -0.3 is 14.5 Å². The maximum atomic E-state index is 6.01. The molecule has 1 N–H and O–H groups in total. The number of benzene rings is 1. The smallest absolute Gasteiger partial charge is 0.134 e. The van der Waals surface area contributed by atoms with Crippen molar-refractivity contribution in [2.75, 3.05) is 19.8 Å². The minimum absolute atomic E-state index is 0.211. The van der Waals surface area contributed by atoms with Gasteiger partial charge in [-0.2, -0.15) is 0 Å². The SMILES string of the molecule is CCOCCNC(C)c1oc2ccccc2c1CC. The predicted molar refractivity (Wildman–Crippen MR) is 78.5 cm³/mol. The number of hydrogen-bond acceptors (Lipinski definition) is 3. The Labute approximate surface area is 114 Å². The topological polar surface area (TPSA) is 34.4 Å². The lowest BCUT2D eigenvalue weighted by molar-refractivity contribution is 0.146. The maximum absolute atomic E-state index is 6.01. The fourth-order valence-corrected chi connectivity index (χ4v) is 2.42. The van der Waals surface area contributed by atoms with Crippen LogP contribution in [-0.2, 0) is 11.2 Å². The molecule has 1 unspecified atom stereocenters. The molecule has 1 aromatic heterocycles. The van der Waals surface area contributed by atoms with Gasteiger partial charge in [-0.3, -0.25) is 0 Å². The molecular formula is C16H23NO2. The zero-order valence-corrected chi connectivity index (χ0v) is 12.0. The molecule has 0 fully saturated rings. The Morgan fingerprint density at radius 3 is 2.79 bits per heavy atom. The summed E-state index contributed by atoms with van der Waals surface area (Å²) in [5, 5.41) is 4.69. The number of para-hydroxylation sites is 1. The Bertz CT molecular complexity index is 518. The number of furan rings is 1. The van der Waals surface area contributed by atoms with Crippen LogP contribution >= 0.6 is 0 Å². The van der Waals surface area contributed by atoms with E-state index in [0.717, 1.165) is 37.5 Å². The third kappa shape index (κ3) is 3.17. The van der Waals surface area contributed by atoms with Gasteiger partial charge in [0.05, 0.1) is 12.6 Å². The van der Waals surface area contributed by atoms with Crippen molar-refractivity contribution in [1.29, 1.82) is 0 Å². The van der Waals surface area contributed by atoms with Crippen LogP contribution in [0.1, 0.15) is 38.1 Å². The molecular weight excluding hydrogens is 238 g/mol. The fourth-order valence-electron chi connectivity index (χ4n) is 2.42. The Kier molecular flexibility index (Phi) is 5.00. The second-order valence-corrected chi connectivity index (χ2v) is 4.67. The first kappa shape index (κ1) is 14.1.